The molecule has 1 N–H and O–H groups in total. The second-order valence-electron chi connectivity index (χ2n) is 22.0. The van der Waals surface area contributed by atoms with Gasteiger partial charge in [0.15, 0.2) is 23.1 Å². The van der Waals surface area contributed by atoms with Crippen LogP contribution in [0.3, 0.4) is 0 Å². The molecule has 82 heavy (non-hydrogen) atoms. The Labute approximate surface area is 482 Å². The largest absolute Gasteiger partial charge is 0.480 e. The van der Waals surface area contributed by atoms with Crippen molar-refractivity contribution in [2.75, 3.05) is 65.4 Å². The third-order valence-electron chi connectivity index (χ3n) is 15.1. The number of pyridine rings is 4. The second kappa shape index (κ2) is 25.9. The maximum atomic E-state index is 14.9. The minimum Gasteiger partial charge on any atom is -0.480 e. The van der Waals surface area contributed by atoms with Crippen LogP contribution in [-0.4, -0.2) is 133 Å². The van der Waals surface area contributed by atoms with E-state index in [2.05, 4.69) is 41.8 Å². The molecule has 424 valence electrons. The number of hydrogen-bond acceptors (Lipinski definition) is 16. The van der Waals surface area contributed by atoms with Gasteiger partial charge in [0.05, 0.1) is 54.7 Å². The van der Waals surface area contributed by atoms with Gasteiger partial charge in [0.25, 0.3) is 0 Å². The number of thiophene rings is 2. The Morgan fingerprint density at radius 2 is 0.939 bits per heavy atom. The van der Waals surface area contributed by atoms with Crippen molar-refractivity contribution in [2.45, 2.75) is 71.4 Å². The predicted octanol–water partition coefficient (Wildman–Crippen LogP) is 11.3. The molecule has 2 aliphatic carbocycles. The van der Waals surface area contributed by atoms with E-state index in [0.29, 0.717) is 53.8 Å². The predicted molar refractivity (Wildman–Crippen MR) is 313 cm³/mol. The molecule has 2 aromatic carbocycles. The Morgan fingerprint density at radius 1 is 0.524 bits per heavy atom. The van der Waals surface area contributed by atoms with E-state index in [1.165, 1.54) is 34.8 Å². The molecular formula is C63H64F2N8O7S2. The van der Waals surface area contributed by atoms with Crippen molar-refractivity contribution in [3.8, 4) is 44.1 Å². The molecular weight excluding hydrogens is 1080 g/mol. The minimum atomic E-state index is -0.789. The number of benzene rings is 2. The van der Waals surface area contributed by atoms with Crippen molar-refractivity contribution in [1.29, 1.82) is 0 Å². The van der Waals surface area contributed by atoms with Gasteiger partial charge in [-0.25, -0.2) is 8.78 Å². The maximum absolute atomic E-state index is 14.9. The van der Waals surface area contributed by atoms with Crippen LogP contribution in [0.5, 0.6) is 23.0 Å². The molecule has 0 amide bonds. The molecule has 15 nitrogen and oxygen atoms in total. The van der Waals surface area contributed by atoms with Crippen LogP contribution < -0.4 is 9.47 Å². The van der Waals surface area contributed by atoms with Gasteiger partial charge < -0.3 is 14.6 Å². The monoisotopic (exact) mass is 1150 g/mol. The molecule has 0 unspecified atom stereocenters. The Kier molecular flexibility index (Phi) is 17.9. The van der Waals surface area contributed by atoms with Crippen molar-refractivity contribution in [3.05, 3.63) is 144 Å². The lowest BCUT2D eigenvalue weighted by Gasteiger charge is -2.34. The summed E-state index contributed by atoms with van der Waals surface area (Å²) in [5.74, 6) is 1.08. The average molecular weight is 1150 g/mol. The van der Waals surface area contributed by atoms with E-state index < -0.39 is 17.6 Å². The van der Waals surface area contributed by atoms with Crippen LogP contribution in [0, 0.1) is 23.5 Å². The molecule has 8 aromatic rings. The number of halogens is 2. The quantitative estimate of drug-likeness (QED) is 0.0679. The second-order valence-corrected chi connectivity index (χ2v) is 24.1. The Balaban J connectivity index is 0.000000172. The van der Waals surface area contributed by atoms with E-state index in [9.17, 15) is 28.0 Å². The van der Waals surface area contributed by atoms with Gasteiger partial charge in [-0.05, 0) is 115 Å². The van der Waals surface area contributed by atoms with Gasteiger partial charge in [-0.15, -0.1) is 22.7 Å². The lowest BCUT2D eigenvalue weighted by Crippen LogP contribution is -2.47. The number of carboxylic acid groups (broad SMARTS) is 1. The van der Waals surface area contributed by atoms with E-state index in [0.717, 1.165) is 144 Å². The number of aliphatic carboxylic acids is 1. The summed E-state index contributed by atoms with van der Waals surface area (Å²) in [5.41, 5.74) is 6.75. The van der Waals surface area contributed by atoms with Gasteiger partial charge in [-0.3, -0.25) is 58.7 Å². The lowest BCUT2D eigenvalue weighted by molar-refractivity contribution is -0.138. The van der Waals surface area contributed by atoms with Gasteiger partial charge in [-0.1, -0.05) is 24.3 Å². The Morgan fingerprint density at radius 3 is 1.32 bits per heavy atom. The molecule has 0 atom stereocenters. The number of carboxylic acids is 1. The highest BCUT2D eigenvalue weighted by Gasteiger charge is 2.27. The number of ketones is 3. The fraction of sp³-hybridized carbons (Fsp3) is 0.365. The minimum absolute atomic E-state index is 0.0879. The lowest BCUT2D eigenvalue weighted by atomic mass is 10.0. The number of Topliss-reactive ketones (excluding diaryl/α,β-unsaturated/α-hetero) is 3. The molecule has 4 fully saturated rings. The first-order chi connectivity index (χ1) is 39.8. The summed E-state index contributed by atoms with van der Waals surface area (Å²) in [5, 5.41) is 8.98. The number of carbonyl (C=O) groups excluding carboxylic acids is 3. The van der Waals surface area contributed by atoms with Crippen LogP contribution in [-0.2, 0) is 45.1 Å². The third kappa shape index (κ3) is 15.2. The van der Waals surface area contributed by atoms with Crippen molar-refractivity contribution >= 4 is 66.4 Å². The SMILES string of the molecule is CC(=O)CN1CCN(Cc2ccc(-c3cc4nccc(Oc5ccc(CC(=O)CC6CC6)cc5F)c4s3)nc2)CC1.O=C(O)CN1CCN(Cc2ccc(-c3cc4nccc(Oc5ccc(CC(=O)CC6CC6)cc5F)c4s3)nc2)CC1. The smallest absolute Gasteiger partial charge is 0.317 e. The number of rotatable bonds is 22. The highest BCUT2D eigenvalue weighted by molar-refractivity contribution is 7.23. The van der Waals surface area contributed by atoms with Crippen LogP contribution >= 0.6 is 22.7 Å². The summed E-state index contributed by atoms with van der Waals surface area (Å²) in [6.45, 7) is 10.6. The highest BCUT2D eigenvalue weighted by atomic mass is 32.1. The van der Waals surface area contributed by atoms with E-state index in [1.54, 1.807) is 55.7 Å². The number of ether oxygens (including phenoxy) is 2. The molecule has 0 spiro atoms. The zero-order valence-electron chi connectivity index (χ0n) is 45.7. The van der Waals surface area contributed by atoms with Gasteiger partial charge >= 0.3 is 5.97 Å². The summed E-state index contributed by atoms with van der Waals surface area (Å²) in [6.07, 6.45) is 13.3. The summed E-state index contributed by atoms with van der Waals surface area (Å²) in [7, 11) is 0. The number of piperazine rings is 2. The first-order valence-electron chi connectivity index (χ1n) is 28.0. The van der Waals surface area contributed by atoms with Crippen LogP contribution in [0.25, 0.3) is 41.6 Å². The number of aromatic nitrogens is 4. The summed E-state index contributed by atoms with van der Waals surface area (Å²) in [6, 6.07) is 25.1. The highest BCUT2D eigenvalue weighted by Crippen LogP contribution is 2.41. The number of nitrogens with zero attached hydrogens (tertiary/aromatic N) is 8. The first kappa shape index (κ1) is 56.6. The molecule has 6 aromatic heterocycles. The fourth-order valence-electron chi connectivity index (χ4n) is 10.4. The van der Waals surface area contributed by atoms with Gasteiger partial charge in [0.2, 0.25) is 0 Å². The number of carbonyl (C=O) groups is 4. The fourth-order valence-corrected chi connectivity index (χ4v) is 12.5. The summed E-state index contributed by atoms with van der Waals surface area (Å²) in [4.78, 5) is 75.8. The van der Waals surface area contributed by atoms with Crippen LogP contribution in [0.4, 0.5) is 8.78 Å². The van der Waals surface area contributed by atoms with E-state index in [-0.39, 0.29) is 48.2 Å². The van der Waals surface area contributed by atoms with E-state index in [1.807, 2.05) is 41.6 Å². The van der Waals surface area contributed by atoms with Gasteiger partial charge in [-0.2, -0.15) is 0 Å². The third-order valence-corrected chi connectivity index (χ3v) is 17.4. The molecule has 2 saturated heterocycles. The van der Waals surface area contributed by atoms with Gasteiger partial charge in [0.1, 0.15) is 28.8 Å². The van der Waals surface area contributed by atoms with Crippen molar-refractivity contribution in [3.63, 3.8) is 0 Å². The molecule has 2 saturated carbocycles. The molecule has 8 heterocycles. The zero-order valence-corrected chi connectivity index (χ0v) is 47.4. The number of fused-ring (bicyclic) bond motifs is 2. The van der Waals surface area contributed by atoms with Crippen molar-refractivity contribution in [1.82, 2.24) is 39.5 Å². The van der Waals surface area contributed by atoms with Crippen LogP contribution in [0.1, 0.15) is 67.7 Å². The summed E-state index contributed by atoms with van der Waals surface area (Å²) >= 11 is 3.00. The molecule has 19 heteroatoms. The van der Waals surface area contributed by atoms with E-state index in [4.69, 9.17) is 19.6 Å². The Hall–Kier alpha value is -7.26. The van der Waals surface area contributed by atoms with Crippen molar-refractivity contribution < 1.29 is 42.5 Å². The van der Waals surface area contributed by atoms with Gasteiger partial charge in [0, 0.05) is 128 Å². The molecule has 2 aliphatic heterocycles. The maximum Gasteiger partial charge on any atom is 0.317 e. The Bertz CT molecular complexity index is 3360. The first-order valence-corrected chi connectivity index (χ1v) is 29.7. The molecule has 0 radical (unpaired) electrons. The molecule has 12 rings (SSSR count). The standard InChI is InChI=1S/C32H33FN4O3S.C31H31FN4O4S/c1-21(38)19-36-10-12-37(13-11-36)20-24-4-6-27(35-18-24)31-17-28-32(41-31)30(8-9-34-28)40-29-7-5-23(16-26(29)33)15-25(39)14-22-2-3-22;32-24-15-21(14-23(37)13-20-1-2-20)4-6-27(24)40-28-7-8-33-26-16-29(41-31(26)28)25-5-3-22(17-34-25)18-35-9-11-36(12-10-35)19-30(38)39/h4-9,16-18,22H,2-3,10-15,19-20H2,1H3;3-8,15-17,20H,1-2,9-14,18-19H2,(H,38,39). The average Bonchev–Trinajstić information content (AvgIpc) is 4.38. The summed E-state index contributed by atoms with van der Waals surface area (Å²) < 4.78 is 43.5. The zero-order chi connectivity index (χ0) is 56.7. The topological polar surface area (TPSA) is 171 Å². The normalized spacial score (nSPS) is 16.2. The van der Waals surface area contributed by atoms with E-state index >= 15 is 0 Å². The van der Waals surface area contributed by atoms with Crippen LogP contribution in [0.2, 0.25) is 0 Å². The molecule has 4 aliphatic rings. The number of hydrogen-bond donors (Lipinski definition) is 1. The van der Waals surface area contributed by atoms with Crippen molar-refractivity contribution in [2.24, 2.45) is 11.8 Å². The van der Waals surface area contributed by atoms with Crippen LogP contribution in [0.15, 0.2) is 110 Å². The molecule has 0 bridgehead atoms.